The molecule has 0 bridgehead atoms. The topological polar surface area (TPSA) is 29.8 Å². The van der Waals surface area contributed by atoms with E-state index in [-0.39, 0.29) is 6.04 Å². The maximum Gasteiger partial charge on any atom is 0.152 e. The lowest BCUT2D eigenvalue weighted by molar-refractivity contribution is 0.181. The van der Waals surface area contributed by atoms with Crippen molar-refractivity contribution in [1.29, 1.82) is 0 Å². The van der Waals surface area contributed by atoms with E-state index in [4.69, 9.17) is 21.3 Å². The number of aromatic nitrogens is 2. The summed E-state index contributed by atoms with van der Waals surface area (Å²) in [4.78, 5) is 6.94. The molecule has 0 spiro atoms. The lowest BCUT2D eigenvalue weighted by atomic mass is 10.3. The molecule has 2 aromatic heterocycles. The second-order valence-electron chi connectivity index (χ2n) is 4.53. The molecule has 0 N–H and O–H groups in total. The summed E-state index contributed by atoms with van der Waals surface area (Å²) in [6, 6.07) is 6.23. The van der Waals surface area contributed by atoms with Gasteiger partial charge in [-0.3, -0.25) is 0 Å². The highest BCUT2D eigenvalue weighted by Crippen LogP contribution is 2.25. The van der Waals surface area contributed by atoms with Crippen molar-refractivity contribution in [1.82, 2.24) is 9.38 Å². The Hall–Kier alpha value is -1.26. The Morgan fingerprint density at radius 3 is 2.89 bits per heavy atom. The molecule has 2 aromatic rings. The fourth-order valence-electron chi connectivity index (χ4n) is 2.39. The van der Waals surface area contributed by atoms with E-state index in [0.29, 0.717) is 12.5 Å². The van der Waals surface area contributed by atoms with Crippen molar-refractivity contribution in [2.45, 2.75) is 25.8 Å². The normalized spacial score (nSPS) is 12.8. The number of halogens is 1. The first-order valence-corrected chi connectivity index (χ1v) is 7.03. The zero-order chi connectivity index (χ0) is 13.8. The van der Waals surface area contributed by atoms with Crippen LogP contribution in [0, 0.1) is 0 Å². The fourth-order valence-corrected chi connectivity index (χ4v) is 2.64. The number of likely N-dealkylation sites (N-methyl/N-ethyl adjacent to an activating group) is 1. The first-order chi connectivity index (χ1) is 9.22. The van der Waals surface area contributed by atoms with Crippen molar-refractivity contribution in [2.24, 2.45) is 0 Å². The Morgan fingerprint density at radius 1 is 1.47 bits per heavy atom. The molecule has 2 rings (SSSR count). The van der Waals surface area contributed by atoms with E-state index < -0.39 is 0 Å². The maximum absolute atomic E-state index is 6.12. The molecule has 0 aliphatic rings. The number of ether oxygens (including phenoxy) is 1. The molecule has 1 unspecified atom stereocenters. The third-order valence-electron chi connectivity index (χ3n) is 3.29. The van der Waals surface area contributed by atoms with Gasteiger partial charge in [-0.2, -0.15) is 0 Å². The third kappa shape index (κ3) is 2.69. The molecule has 0 fully saturated rings. The Morgan fingerprint density at radius 2 is 2.26 bits per heavy atom. The first-order valence-electron chi connectivity index (χ1n) is 6.50. The second kappa shape index (κ2) is 6.26. The van der Waals surface area contributed by atoms with E-state index in [1.165, 1.54) is 0 Å². The van der Waals surface area contributed by atoms with Gasteiger partial charge in [0.25, 0.3) is 0 Å². The summed E-state index contributed by atoms with van der Waals surface area (Å²) in [7, 11) is 1.72. The molecule has 0 amide bonds. The number of fused-ring (bicyclic) bond motifs is 1. The van der Waals surface area contributed by atoms with Crippen LogP contribution in [-0.2, 0) is 10.6 Å². The monoisotopic (exact) mass is 281 g/mol. The summed E-state index contributed by atoms with van der Waals surface area (Å²) >= 11 is 6.12. The van der Waals surface area contributed by atoms with Crippen LogP contribution in [0.2, 0.25) is 0 Å². The lowest BCUT2D eigenvalue weighted by Crippen LogP contribution is -2.37. The molecule has 5 heteroatoms. The molecule has 1 atom stereocenters. The van der Waals surface area contributed by atoms with Gasteiger partial charge in [-0.1, -0.05) is 6.07 Å². The highest BCUT2D eigenvalue weighted by Gasteiger charge is 2.20. The Bertz CT molecular complexity index is 540. The predicted molar refractivity (Wildman–Crippen MR) is 79.1 cm³/mol. The molecule has 0 aliphatic carbocycles. The minimum absolute atomic E-state index is 0.266. The summed E-state index contributed by atoms with van der Waals surface area (Å²) in [5.41, 5.74) is 1.96. The van der Waals surface area contributed by atoms with Crippen LogP contribution in [0.3, 0.4) is 0 Å². The summed E-state index contributed by atoms with van der Waals surface area (Å²) in [5, 5.41) is 0. The zero-order valence-electron chi connectivity index (χ0n) is 11.6. The summed E-state index contributed by atoms with van der Waals surface area (Å²) < 4.78 is 7.29. The molecule has 0 aliphatic heterocycles. The molecular weight excluding hydrogens is 262 g/mol. The number of pyridine rings is 1. The summed E-state index contributed by atoms with van der Waals surface area (Å²) in [5.74, 6) is 1.39. The lowest BCUT2D eigenvalue weighted by Gasteiger charge is -2.28. The molecule has 104 valence electrons. The van der Waals surface area contributed by atoms with Crippen LogP contribution in [0.5, 0.6) is 0 Å². The third-order valence-corrected chi connectivity index (χ3v) is 3.54. The highest BCUT2D eigenvalue weighted by atomic mass is 35.5. The largest absolute Gasteiger partial charge is 0.383 e. The van der Waals surface area contributed by atoms with Gasteiger partial charge in [0, 0.05) is 19.9 Å². The quantitative estimate of drug-likeness (QED) is 0.763. The number of alkyl halides is 1. The van der Waals surface area contributed by atoms with Crippen LogP contribution in [0.1, 0.15) is 19.5 Å². The van der Waals surface area contributed by atoms with Crippen LogP contribution < -0.4 is 4.90 Å². The first kappa shape index (κ1) is 14.2. The van der Waals surface area contributed by atoms with E-state index in [9.17, 15) is 0 Å². The van der Waals surface area contributed by atoms with Gasteiger partial charge in [0.05, 0.1) is 24.2 Å². The van der Waals surface area contributed by atoms with Gasteiger partial charge >= 0.3 is 0 Å². The van der Waals surface area contributed by atoms with E-state index in [1.807, 2.05) is 28.8 Å². The van der Waals surface area contributed by atoms with E-state index in [2.05, 4.69) is 18.7 Å². The minimum Gasteiger partial charge on any atom is -0.383 e. The van der Waals surface area contributed by atoms with Gasteiger partial charge in [0.2, 0.25) is 0 Å². The van der Waals surface area contributed by atoms with Crippen molar-refractivity contribution in [2.75, 3.05) is 25.2 Å². The van der Waals surface area contributed by atoms with Crippen molar-refractivity contribution in [3.05, 3.63) is 30.1 Å². The van der Waals surface area contributed by atoms with Gasteiger partial charge in [-0.05, 0) is 26.0 Å². The fraction of sp³-hybridized carbons (Fsp3) is 0.500. The Kier molecular flexibility index (Phi) is 4.66. The number of imidazole rings is 1. The molecular formula is C14H20ClN3O. The van der Waals surface area contributed by atoms with E-state index in [1.54, 1.807) is 7.11 Å². The van der Waals surface area contributed by atoms with Crippen LogP contribution in [0.4, 0.5) is 5.82 Å². The van der Waals surface area contributed by atoms with Crippen molar-refractivity contribution >= 4 is 23.1 Å². The smallest absolute Gasteiger partial charge is 0.152 e. The zero-order valence-corrected chi connectivity index (χ0v) is 12.4. The predicted octanol–water partition coefficient (Wildman–Crippen LogP) is 2.93. The molecule has 0 saturated heterocycles. The van der Waals surface area contributed by atoms with E-state index in [0.717, 1.165) is 23.7 Å². The SMILES string of the molecule is CCN(c1nc2ccccn2c1CCl)C(C)COC. The number of anilines is 1. The van der Waals surface area contributed by atoms with Gasteiger partial charge in [-0.15, -0.1) is 11.6 Å². The number of methoxy groups -OCH3 is 1. The van der Waals surface area contributed by atoms with Gasteiger partial charge < -0.3 is 14.0 Å². The van der Waals surface area contributed by atoms with Crippen molar-refractivity contribution < 1.29 is 4.74 Å². The van der Waals surface area contributed by atoms with Crippen molar-refractivity contribution in [3.8, 4) is 0 Å². The average molecular weight is 282 g/mol. The van der Waals surface area contributed by atoms with Gasteiger partial charge in [0.15, 0.2) is 5.82 Å². The Labute approximate surface area is 119 Å². The van der Waals surface area contributed by atoms with Crippen LogP contribution >= 0.6 is 11.6 Å². The van der Waals surface area contributed by atoms with Crippen LogP contribution in [0.15, 0.2) is 24.4 Å². The highest BCUT2D eigenvalue weighted by molar-refractivity contribution is 6.17. The molecule has 0 aromatic carbocycles. The van der Waals surface area contributed by atoms with E-state index >= 15 is 0 Å². The van der Waals surface area contributed by atoms with Gasteiger partial charge in [0.1, 0.15) is 5.65 Å². The van der Waals surface area contributed by atoms with Crippen molar-refractivity contribution in [3.63, 3.8) is 0 Å². The summed E-state index contributed by atoms with van der Waals surface area (Å²) in [6.07, 6.45) is 2.00. The number of rotatable bonds is 6. The average Bonchev–Trinajstić information content (AvgIpc) is 2.78. The van der Waals surface area contributed by atoms with Crippen LogP contribution in [0.25, 0.3) is 5.65 Å². The molecule has 0 radical (unpaired) electrons. The standard InChI is InChI=1S/C14H20ClN3O/c1-4-17(11(2)10-19-3)14-12(9-15)18-8-6-5-7-13(18)16-14/h5-8,11H,4,9-10H2,1-3H3. The molecule has 2 heterocycles. The number of hydrogen-bond donors (Lipinski definition) is 0. The minimum atomic E-state index is 0.266. The molecule has 19 heavy (non-hydrogen) atoms. The van der Waals surface area contributed by atoms with Gasteiger partial charge in [-0.25, -0.2) is 4.98 Å². The summed E-state index contributed by atoms with van der Waals surface area (Å²) in [6.45, 7) is 5.80. The molecule has 0 saturated carbocycles. The number of nitrogens with zero attached hydrogens (tertiary/aromatic N) is 3. The molecule has 4 nitrogen and oxygen atoms in total. The maximum atomic E-state index is 6.12. The Balaban J connectivity index is 2.47. The van der Waals surface area contributed by atoms with Crippen LogP contribution in [-0.4, -0.2) is 35.7 Å². The number of hydrogen-bond acceptors (Lipinski definition) is 3. The second-order valence-corrected chi connectivity index (χ2v) is 4.80.